The van der Waals surface area contributed by atoms with E-state index in [1.807, 2.05) is 29.2 Å². The highest BCUT2D eigenvalue weighted by Crippen LogP contribution is 2.17. The molecular formula is C15H21BrN2O2. The highest BCUT2D eigenvalue weighted by Gasteiger charge is 2.17. The van der Waals surface area contributed by atoms with Gasteiger partial charge in [-0.05, 0) is 30.5 Å². The van der Waals surface area contributed by atoms with Gasteiger partial charge in [-0.2, -0.15) is 0 Å². The van der Waals surface area contributed by atoms with Crippen molar-refractivity contribution in [2.45, 2.75) is 25.4 Å². The van der Waals surface area contributed by atoms with Crippen molar-refractivity contribution in [2.24, 2.45) is 0 Å². The molecule has 2 rings (SSSR count). The predicted octanol–water partition coefficient (Wildman–Crippen LogP) is 2.08. The molecule has 1 fully saturated rings. The maximum absolute atomic E-state index is 11.8. The fourth-order valence-corrected chi connectivity index (χ4v) is 2.81. The van der Waals surface area contributed by atoms with Gasteiger partial charge in [-0.3, -0.25) is 4.79 Å². The van der Waals surface area contributed by atoms with Gasteiger partial charge in [-0.1, -0.05) is 28.1 Å². The molecule has 0 bridgehead atoms. The maximum Gasteiger partial charge on any atom is 0.223 e. The number of aliphatic hydroxyl groups is 1. The van der Waals surface area contributed by atoms with Crippen molar-refractivity contribution in [3.63, 3.8) is 0 Å². The number of carbonyl (C=O) groups is 1. The third-order valence-corrected chi connectivity index (χ3v) is 4.04. The Morgan fingerprint density at radius 1 is 1.40 bits per heavy atom. The quantitative estimate of drug-likeness (QED) is 0.779. The second kappa shape index (κ2) is 7.76. The summed E-state index contributed by atoms with van der Waals surface area (Å²) in [5, 5.41) is 13.2. The van der Waals surface area contributed by atoms with Gasteiger partial charge in [0.05, 0.1) is 6.10 Å². The minimum Gasteiger partial charge on any atom is -0.387 e. The first-order chi connectivity index (χ1) is 9.66. The molecule has 1 aromatic carbocycles. The smallest absolute Gasteiger partial charge is 0.223 e. The SMILES string of the molecule is O=C(CCNCC(O)c1cccc(Br)c1)N1CCCC1. The number of rotatable bonds is 6. The first-order valence-electron chi connectivity index (χ1n) is 7.09. The van der Waals surface area contributed by atoms with Crippen molar-refractivity contribution in [3.8, 4) is 0 Å². The molecule has 1 saturated heterocycles. The normalized spacial score (nSPS) is 16.4. The van der Waals surface area contributed by atoms with Crippen LogP contribution in [0, 0.1) is 0 Å². The first kappa shape index (κ1) is 15.5. The molecule has 0 spiro atoms. The van der Waals surface area contributed by atoms with E-state index in [1.54, 1.807) is 0 Å². The molecule has 2 N–H and O–H groups in total. The van der Waals surface area contributed by atoms with Crippen LogP contribution < -0.4 is 5.32 Å². The van der Waals surface area contributed by atoms with Crippen LogP contribution in [0.3, 0.4) is 0 Å². The van der Waals surface area contributed by atoms with Gasteiger partial charge in [0.25, 0.3) is 0 Å². The Bertz CT molecular complexity index is 447. The number of aliphatic hydroxyl groups excluding tert-OH is 1. The van der Waals surface area contributed by atoms with E-state index >= 15 is 0 Å². The van der Waals surface area contributed by atoms with E-state index in [-0.39, 0.29) is 5.91 Å². The zero-order valence-electron chi connectivity index (χ0n) is 11.5. The van der Waals surface area contributed by atoms with Crippen molar-refractivity contribution in [1.82, 2.24) is 10.2 Å². The van der Waals surface area contributed by atoms with Crippen LogP contribution >= 0.6 is 15.9 Å². The van der Waals surface area contributed by atoms with Gasteiger partial charge < -0.3 is 15.3 Å². The highest BCUT2D eigenvalue weighted by molar-refractivity contribution is 9.10. The van der Waals surface area contributed by atoms with Crippen LogP contribution in [0.2, 0.25) is 0 Å². The van der Waals surface area contributed by atoms with E-state index in [4.69, 9.17) is 0 Å². The molecule has 110 valence electrons. The van der Waals surface area contributed by atoms with E-state index in [0.717, 1.165) is 36.0 Å². The van der Waals surface area contributed by atoms with Crippen molar-refractivity contribution in [1.29, 1.82) is 0 Å². The summed E-state index contributed by atoms with van der Waals surface area (Å²) in [6.07, 6.45) is 2.21. The minimum absolute atomic E-state index is 0.215. The molecule has 1 aliphatic rings. The van der Waals surface area contributed by atoms with E-state index < -0.39 is 6.10 Å². The molecule has 20 heavy (non-hydrogen) atoms. The lowest BCUT2D eigenvalue weighted by atomic mass is 10.1. The number of halogens is 1. The van der Waals surface area contributed by atoms with Gasteiger partial charge in [0.2, 0.25) is 5.91 Å². The van der Waals surface area contributed by atoms with Crippen LogP contribution in [0.5, 0.6) is 0 Å². The van der Waals surface area contributed by atoms with Crippen molar-refractivity contribution in [2.75, 3.05) is 26.2 Å². The summed E-state index contributed by atoms with van der Waals surface area (Å²) >= 11 is 3.39. The summed E-state index contributed by atoms with van der Waals surface area (Å²) in [6, 6.07) is 7.63. The first-order valence-corrected chi connectivity index (χ1v) is 7.88. The second-order valence-corrected chi connectivity index (χ2v) is 6.03. The van der Waals surface area contributed by atoms with Crippen LogP contribution in [-0.2, 0) is 4.79 Å². The molecule has 1 heterocycles. The molecule has 0 aliphatic carbocycles. The molecule has 5 heteroatoms. The fourth-order valence-electron chi connectivity index (χ4n) is 2.39. The number of nitrogens with one attached hydrogen (secondary N) is 1. The number of hydrogen-bond donors (Lipinski definition) is 2. The molecule has 0 radical (unpaired) electrons. The molecular weight excluding hydrogens is 320 g/mol. The minimum atomic E-state index is -0.547. The van der Waals surface area contributed by atoms with Crippen LogP contribution in [0.4, 0.5) is 0 Å². The Labute approximate surface area is 128 Å². The summed E-state index contributed by atoms with van der Waals surface area (Å²) in [6.45, 7) is 2.88. The maximum atomic E-state index is 11.8. The van der Waals surface area contributed by atoms with Gasteiger partial charge >= 0.3 is 0 Å². The van der Waals surface area contributed by atoms with E-state index in [0.29, 0.717) is 19.5 Å². The van der Waals surface area contributed by atoms with Crippen LogP contribution in [0.1, 0.15) is 30.9 Å². The summed E-state index contributed by atoms with van der Waals surface area (Å²) in [5.74, 6) is 0.215. The Kier molecular flexibility index (Phi) is 6.01. The fraction of sp³-hybridized carbons (Fsp3) is 0.533. The lowest BCUT2D eigenvalue weighted by Crippen LogP contribution is -2.31. The van der Waals surface area contributed by atoms with E-state index in [9.17, 15) is 9.90 Å². The topological polar surface area (TPSA) is 52.6 Å². The molecule has 1 amide bonds. The number of likely N-dealkylation sites (tertiary alicyclic amines) is 1. The average molecular weight is 341 g/mol. The zero-order chi connectivity index (χ0) is 14.4. The van der Waals surface area contributed by atoms with Gasteiger partial charge in [0.15, 0.2) is 0 Å². The van der Waals surface area contributed by atoms with Gasteiger partial charge in [0.1, 0.15) is 0 Å². The summed E-state index contributed by atoms with van der Waals surface area (Å²) < 4.78 is 0.957. The Balaban J connectivity index is 1.66. The third kappa shape index (κ3) is 4.58. The summed E-state index contributed by atoms with van der Waals surface area (Å²) in [5.41, 5.74) is 0.873. The number of carbonyl (C=O) groups excluding carboxylic acids is 1. The molecule has 0 aromatic heterocycles. The number of nitrogens with zero attached hydrogens (tertiary/aromatic N) is 1. The van der Waals surface area contributed by atoms with Gasteiger partial charge in [-0.25, -0.2) is 0 Å². The Morgan fingerprint density at radius 3 is 2.85 bits per heavy atom. The number of hydrogen-bond acceptors (Lipinski definition) is 3. The molecule has 1 aromatic rings. The largest absolute Gasteiger partial charge is 0.387 e. The number of amides is 1. The van der Waals surface area contributed by atoms with E-state index in [1.165, 1.54) is 0 Å². The summed E-state index contributed by atoms with van der Waals surface area (Å²) in [7, 11) is 0. The Hall–Kier alpha value is -0.910. The average Bonchev–Trinajstić information content (AvgIpc) is 2.97. The monoisotopic (exact) mass is 340 g/mol. The summed E-state index contributed by atoms with van der Waals surface area (Å²) in [4.78, 5) is 13.7. The number of benzene rings is 1. The molecule has 1 unspecified atom stereocenters. The lowest BCUT2D eigenvalue weighted by Gasteiger charge is -2.16. The van der Waals surface area contributed by atoms with Crippen molar-refractivity contribution < 1.29 is 9.90 Å². The van der Waals surface area contributed by atoms with Crippen molar-refractivity contribution >= 4 is 21.8 Å². The van der Waals surface area contributed by atoms with Crippen molar-refractivity contribution in [3.05, 3.63) is 34.3 Å². The second-order valence-electron chi connectivity index (χ2n) is 5.11. The van der Waals surface area contributed by atoms with Gasteiger partial charge in [0, 0.05) is 37.1 Å². The lowest BCUT2D eigenvalue weighted by molar-refractivity contribution is -0.130. The molecule has 4 nitrogen and oxygen atoms in total. The predicted molar refractivity (Wildman–Crippen MR) is 82.4 cm³/mol. The van der Waals surface area contributed by atoms with Crippen LogP contribution in [-0.4, -0.2) is 42.1 Å². The van der Waals surface area contributed by atoms with Crippen LogP contribution in [0.15, 0.2) is 28.7 Å². The third-order valence-electron chi connectivity index (χ3n) is 3.55. The molecule has 1 aliphatic heterocycles. The van der Waals surface area contributed by atoms with Crippen LogP contribution in [0.25, 0.3) is 0 Å². The highest BCUT2D eigenvalue weighted by atomic mass is 79.9. The Morgan fingerprint density at radius 2 is 2.15 bits per heavy atom. The van der Waals surface area contributed by atoms with E-state index in [2.05, 4.69) is 21.2 Å². The van der Waals surface area contributed by atoms with Gasteiger partial charge in [-0.15, -0.1) is 0 Å². The molecule has 0 saturated carbocycles. The molecule has 1 atom stereocenters. The zero-order valence-corrected chi connectivity index (χ0v) is 13.1. The standard InChI is InChI=1S/C15H21BrN2O2/c16-13-5-3-4-12(10-13)14(19)11-17-7-6-15(20)18-8-1-2-9-18/h3-5,10,14,17,19H,1-2,6-9,11H2.